The van der Waals surface area contributed by atoms with Crippen LogP contribution in [0.1, 0.15) is 0 Å². The monoisotopic (exact) mass is 451 g/mol. The summed E-state index contributed by atoms with van der Waals surface area (Å²) in [7, 11) is -4.06. The van der Waals surface area contributed by atoms with E-state index in [1.807, 2.05) is 17.5 Å². The van der Waals surface area contributed by atoms with Crippen LogP contribution in [0.5, 0.6) is 0 Å². The maximum Gasteiger partial charge on any atom is 0.323 e. The fraction of sp³-hybridized carbons (Fsp3) is 0. The standard InChI is InChI=1S/C17H14BrN3O3S2/c18-12-6-1-2-7-13(12)20-17(22)21-14-8-3-5-11(15-9-4-10-25-15)16(14)26(19,23)24/h1-10H,(H2,19,23,24)(H2,20,21,22). The van der Waals surface area contributed by atoms with E-state index in [0.717, 1.165) is 4.88 Å². The molecule has 3 aromatic rings. The number of primary sulfonamides is 1. The number of thiophene rings is 1. The van der Waals surface area contributed by atoms with E-state index in [0.29, 0.717) is 15.7 Å². The Bertz CT molecular complexity index is 1050. The van der Waals surface area contributed by atoms with Crippen molar-refractivity contribution in [3.8, 4) is 10.4 Å². The van der Waals surface area contributed by atoms with Gasteiger partial charge in [-0.2, -0.15) is 0 Å². The lowest BCUT2D eigenvalue weighted by atomic mass is 10.1. The van der Waals surface area contributed by atoms with Gasteiger partial charge in [-0.1, -0.05) is 30.3 Å². The van der Waals surface area contributed by atoms with Gasteiger partial charge in [0.05, 0.1) is 11.4 Å². The van der Waals surface area contributed by atoms with E-state index in [1.54, 1.807) is 36.4 Å². The molecule has 0 aliphatic carbocycles. The van der Waals surface area contributed by atoms with Crippen molar-refractivity contribution in [1.29, 1.82) is 0 Å². The van der Waals surface area contributed by atoms with Gasteiger partial charge >= 0.3 is 6.03 Å². The van der Waals surface area contributed by atoms with Crippen molar-refractivity contribution in [2.75, 3.05) is 10.6 Å². The normalized spacial score (nSPS) is 11.2. The minimum atomic E-state index is -4.06. The Balaban J connectivity index is 1.96. The Morgan fingerprint density at radius 2 is 1.65 bits per heavy atom. The SMILES string of the molecule is NS(=O)(=O)c1c(NC(=O)Nc2ccccc2Br)cccc1-c1cccs1. The molecule has 134 valence electrons. The predicted octanol–water partition coefficient (Wildman–Crippen LogP) is 4.47. The first-order chi connectivity index (χ1) is 12.4. The van der Waals surface area contributed by atoms with E-state index in [9.17, 15) is 13.2 Å². The molecule has 0 saturated carbocycles. The number of carbonyl (C=O) groups is 1. The van der Waals surface area contributed by atoms with Gasteiger partial charge < -0.3 is 10.6 Å². The lowest BCUT2D eigenvalue weighted by Crippen LogP contribution is -2.23. The molecule has 0 atom stereocenters. The third-order valence-electron chi connectivity index (χ3n) is 3.46. The molecule has 2 aromatic carbocycles. The fourth-order valence-electron chi connectivity index (χ4n) is 2.41. The van der Waals surface area contributed by atoms with Gasteiger partial charge in [-0.05, 0) is 45.6 Å². The van der Waals surface area contributed by atoms with Crippen molar-refractivity contribution < 1.29 is 13.2 Å². The van der Waals surface area contributed by atoms with Crippen molar-refractivity contribution in [1.82, 2.24) is 0 Å². The van der Waals surface area contributed by atoms with Gasteiger partial charge in [-0.25, -0.2) is 18.4 Å². The average molecular weight is 452 g/mol. The number of carbonyl (C=O) groups excluding carboxylic acids is 1. The molecule has 0 aliphatic heterocycles. The highest BCUT2D eigenvalue weighted by Gasteiger charge is 2.22. The molecule has 6 nitrogen and oxygen atoms in total. The van der Waals surface area contributed by atoms with E-state index in [4.69, 9.17) is 5.14 Å². The first-order valence-corrected chi connectivity index (χ1v) is 10.6. The second-order valence-electron chi connectivity index (χ2n) is 5.26. The third-order valence-corrected chi connectivity index (χ3v) is 6.06. The van der Waals surface area contributed by atoms with Crippen molar-refractivity contribution in [3.05, 3.63) is 64.5 Å². The van der Waals surface area contributed by atoms with Crippen LogP contribution in [-0.4, -0.2) is 14.4 Å². The third kappa shape index (κ3) is 4.13. The van der Waals surface area contributed by atoms with Gasteiger partial charge in [0.25, 0.3) is 0 Å². The average Bonchev–Trinajstić information content (AvgIpc) is 3.10. The number of hydrogen-bond donors (Lipinski definition) is 3. The van der Waals surface area contributed by atoms with E-state index in [-0.39, 0.29) is 10.6 Å². The van der Waals surface area contributed by atoms with Crippen LogP contribution >= 0.6 is 27.3 Å². The van der Waals surface area contributed by atoms with Gasteiger partial charge in [0.1, 0.15) is 4.90 Å². The lowest BCUT2D eigenvalue weighted by Gasteiger charge is -2.14. The van der Waals surface area contributed by atoms with Crippen molar-refractivity contribution in [2.24, 2.45) is 5.14 Å². The summed E-state index contributed by atoms with van der Waals surface area (Å²) < 4.78 is 25.0. The van der Waals surface area contributed by atoms with E-state index >= 15 is 0 Å². The quantitative estimate of drug-likeness (QED) is 0.545. The van der Waals surface area contributed by atoms with Crippen LogP contribution in [0.25, 0.3) is 10.4 Å². The molecule has 0 saturated heterocycles. The number of hydrogen-bond acceptors (Lipinski definition) is 4. The van der Waals surface area contributed by atoms with Gasteiger partial charge in [0, 0.05) is 14.9 Å². The number of amides is 2. The van der Waals surface area contributed by atoms with E-state index in [2.05, 4.69) is 26.6 Å². The number of halogens is 1. The van der Waals surface area contributed by atoms with Crippen molar-refractivity contribution in [3.63, 3.8) is 0 Å². The minimum absolute atomic E-state index is 0.114. The van der Waals surface area contributed by atoms with Crippen LogP contribution in [0.4, 0.5) is 16.2 Å². The molecule has 0 fully saturated rings. The predicted molar refractivity (Wildman–Crippen MR) is 108 cm³/mol. The Hall–Kier alpha value is -2.20. The van der Waals surface area contributed by atoms with Crippen molar-refractivity contribution >= 4 is 54.7 Å². The number of nitrogens with one attached hydrogen (secondary N) is 2. The van der Waals surface area contributed by atoms with Crippen LogP contribution in [0.2, 0.25) is 0 Å². The fourth-order valence-corrected chi connectivity index (χ4v) is 4.52. The number of nitrogens with two attached hydrogens (primary N) is 1. The van der Waals surface area contributed by atoms with Crippen LogP contribution < -0.4 is 15.8 Å². The number of urea groups is 1. The van der Waals surface area contributed by atoms with E-state index in [1.165, 1.54) is 17.4 Å². The molecule has 3 rings (SSSR count). The summed E-state index contributed by atoms with van der Waals surface area (Å²) in [6.07, 6.45) is 0. The zero-order valence-electron chi connectivity index (χ0n) is 13.3. The lowest BCUT2D eigenvalue weighted by molar-refractivity contribution is 0.262. The van der Waals surface area contributed by atoms with Crippen molar-refractivity contribution in [2.45, 2.75) is 4.90 Å². The zero-order chi connectivity index (χ0) is 18.7. The van der Waals surface area contributed by atoms with Gasteiger partial charge in [-0.3, -0.25) is 0 Å². The summed E-state index contributed by atoms with van der Waals surface area (Å²) >= 11 is 4.72. The van der Waals surface area contributed by atoms with Gasteiger partial charge in [0.2, 0.25) is 10.0 Å². The molecule has 0 radical (unpaired) electrons. The Kier molecular flexibility index (Phi) is 5.42. The summed E-state index contributed by atoms with van der Waals surface area (Å²) in [6, 6.07) is 14.9. The summed E-state index contributed by atoms with van der Waals surface area (Å²) in [5.74, 6) is 0. The second-order valence-corrected chi connectivity index (χ2v) is 8.56. The first-order valence-electron chi connectivity index (χ1n) is 7.38. The summed E-state index contributed by atoms with van der Waals surface area (Å²) in [5, 5.41) is 12.5. The second kappa shape index (κ2) is 7.58. The Labute approximate surface area is 163 Å². The van der Waals surface area contributed by atoms with Crippen LogP contribution in [0.3, 0.4) is 0 Å². The number of anilines is 2. The van der Waals surface area contributed by atoms with Crippen LogP contribution in [0.15, 0.2) is 69.3 Å². The highest BCUT2D eigenvalue weighted by Crippen LogP contribution is 2.35. The number of benzene rings is 2. The maximum absolute atomic E-state index is 12.3. The highest BCUT2D eigenvalue weighted by molar-refractivity contribution is 9.10. The molecule has 1 heterocycles. The molecular formula is C17H14BrN3O3S2. The topological polar surface area (TPSA) is 101 Å². The van der Waals surface area contributed by atoms with Crippen LogP contribution in [0, 0.1) is 0 Å². The molecule has 4 N–H and O–H groups in total. The molecule has 0 unspecified atom stereocenters. The van der Waals surface area contributed by atoms with Gasteiger partial charge in [-0.15, -0.1) is 11.3 Å². The minimum Gasteiger partial charge on any atom is -0.307 e. The Morgan fingerprint density at radius 3 is 2.31 bits per heavy atom. The maximum atomic E-state index is 12.3. The number of para-hydroxylation sites is 1. The van der Waals surface area contributed by atoms with E-state index < -0.39 is 16.1 Å². The largest absolute Gasteiger partial charge is 0.323 e. The molecule has 1 aromatic heterocycles. The Morgan fingerprint density at radius 1 is 0.962 bits per heavy atom. The molecule has 0 aliphatic rings. The smallest absolute Gasteiger partial charge is 0.307 e. The summed E-state index contributed by atoms with van der Waals surface area (Å²) in [5.41, 5.74) is 1.11. The number of rotatable bonds is 4. The number of sulfonamides is 1. The summed E-state index contributed by atoms with van der Waals surface area (Å²) in [6.45, 7) is 0. The first kappa shape index (κ1) is 18.6. The summed E-state index contributed by atoms with van der Waals surface area (Å²) in [4.78, 5) is 13.0. The molecule has 26 heavy (non-hydrogen) atoms. The van der Waals surface area contributed by atoms with Gasteiger partial charge in [0.15, 0.2) is 0 Å². The highest BCUT2D eigenvalue weighted by atomic mass is 79.9. The molecule has 0 bridgehead atoms. The zero-order valence-corrected chi connectivity index (χ0v) is 16.5. The molecule has 2 amide bonds. The molecular weight excluding hydrogens is 438 g/mol. The molecule has 0 spiro atoms. The molecule has 9 heteroatoms. The van der Waals surface area contributed by atoms with Crippen LogP contribution in [-0.2, 0) is 10.0 Å².